The van der Waals surface area contributed by atoms with Crippen LogP contribution in [0.2, 0.25) is 0 Å². The number of hydrogen-bond acceptors (Lipinski definition) is 5. The first-order chi connectivity index (χ1) is 9.11. The molecule has 0 bridgehead atoms. The Morgan fingerprint density at radius 1 is 1.63 bits per heavy atom. The van der Waals surface area contributed by atoms with Gasteiger partial charge in [-0.25, -0.2) is 4.98 Å². The summed E-state index contributed by atoms with van der Waals surface area (Å²) in [5.41, 5.74) is 0.742. The first-order valence-corrected chi connectivity index (χ1v) is 6.71. The third-order valence-corrected chi connectivity index (χ3v) is 3.57. The quantitative estimate of drug-likeness (QED) is 0.649. The van der Waals surface area contributed by atoms with Crippen LogP contribution in [0.5, 0.6) is 0 Å². The van der Waals surface area contributed by atoms with Crippen LogP contribution in [0.1, 0.15) is 25.3 Å². The summed E-state index contributed by atoms with van der Waals surface area (Å²) >= 11 is 0. The average molecular weight is 264 g/mol. The Hall–Kier alpha value is -1.69. The molecule has 2 rings (SSSR count). The van der Waals surface area contributed by atoms with Crippen molar-refractivity contribution in [3.8, 4) is 0 Å². The zero-order valence-corrected chi connectivity index (χ0v) is 11.4. The molecule has 1 unspecified atom stereocenters. The van der Waals surface area contributed by atoms with Gasteiger partial charge >= 0.3 is 0 Å². The highest BCUT2D eigenvalue weighted by atomic mass is 16.6. The lowest BCUT2D eigenvalue weighted by Gasteiger charge is -2.25. The lowest BCUT2D eigenvalue weighted by molar-refractivity contribution is -0.385. The Kier molecular flexibility index (Phi) is 4.31. The number of pyridine rings is 1. The Morgan fingerprint density at radius 2 is 2.42 bits per heavy atom. The number of nitro groups is 1. The molecule has 0 aromatic carbocycles. The number of nitrogens with zero attached hydrogens (tertiary/aromatic N) is 3. The molecule has 1 aliphatic rings. The van der Waals surface area contributed by atoms with Gasteiger partial charge in [-0.15, -0.1) is 0 Å². The van der Waals surface area contributed by atoms with E-state index in [0.29, 0.717) is 17.4 Å². The molecule has 2 heterocycles. The zero-order valence-electron chi connectivity index (χ0n) is 11.4. The first kappa shape index (κ1) is 13.7. The van der Waals surface area contributed by atoms with Crippen LogP contribution in [0, 0.1) is 17.0 Å². The lowest BCUT2D eigenvalue weighted by atomic mass is 10.2. The van der Waals surface area contributed by atoms with E-state index in [9.17, 15) is 10.1 Å². The van der Waals surface area contributed by atoms with Crippen LogP contribution in [-0.2, 0) is 0 Å². The molecule has 104 valence electrons. The Morgan fingerprint density at radius 3 is 3.00 bits per heavy atom. The third kappa shape index (κ3) is 3.20. The molecule has 0 amide bonds. The Balaban J connectivity index is 2.17. The van der Waals surface area contributed by atoms with E-state index in [1.165, 1.54) is 6.42 Å². The maximum atomic E-state index is 11.0. The Labute approximate surface area is 113 Å². The number of aryl methyl sites for hydroxylation is 1. The number of rotatable bonds is 5. The molecule has 19 heavy (non-hydrogen) atoms. The molecule has 6 nitrogen and oxygen atoms in total. The fraction of sp³-hybridized carbons (Fsp3) is 0.615. The van der Waals surface area contributed by atoms with Crippen molar-refractivity contribution < 1.29 is 4.92 Å². The van der Waals surface area contributed by atoms with E-state index in [0.717, 1.165) is 26.1 Å². The fourth-order valence-corrected chi connectivity index (χ4v) is 2.44. The third-order valence-electron chi connectivity index (χ3n) is 3.57. The van der Waals surface area contributed by atoms with Crippen molar-refractivity contribution in [1.82, 2.24) is 10.3 Å². The summed E-state index contributed by atoms with van der Waals surface area (Å²) in [5, 5.41) is 14.4. The molecule has 1 fully saturated rings. The zero-order chi connectivity index (χ0) is 13.8. The van der Waals surface area contributed by atoms with Crippen molar-refractivity contribution in [1.29, 1.82) is 0 Å². The molecule has 1 aromatic heterocycles. The minimum absolute atomic E-state index is 0.142. The highest BCUT2D eigenvalue weighted by Gasteiger charge is 2.20. The van der Waals surface area contributed by atoms with E-state index in [2.05, 4.69) is 15.2 Å². The topological polar surface area (TPSA) is 71.3 Å². The molecule has 1 atom stereocenters. The van der Waals surface area contributed by atoms with Gasteiger partial charge in [-0.1, -0.05) is 0 Å². The molecule has 1 aliphatic heterocycles. The van der Waals surface area contributed by atoms with Gasteiger partial charge in [0.05, 0.1) is 11.0 Å². The minimum atomic E-state index is -0.345. The van der Waals surface area contributed by atoms with Crippen LogP contribution in [0.25, 0.3) is 0 Å². The largest absolute Gasteiger partial charge is 0.355 e. The maximum absolute atomic E-state index is 11.0. The van der Waals surface area contributed by atoms with Crippen molar-refractivity contribution in [2.45, 2.75) is 32.7 Å². The second-order valence-electron chi connectivity index (χ2n) is 4.92. The van der Waals surface area contributed by atoms with Crippen molar-refractivity contribution in [2.24, 2.45) is 0 Å². The molecule has 1 saturated heterocycles. The van der Waals surface area contributed by atoms with E-state index >= 15 is 0 Å². The summed E-state index contributed by atoms with van der Waals surface area (Å²) in [7, 11) is 0. The molecular weight excluding hydrogens is 244 g/mol. The minimum Gasteiger partial charge on any atom is -0.355 e. The van der Waals surface area contributed by atoms with Gasteiger partial charge < -0.3 is 10.2 Å². The van der Waals surface area contributed by atoms with Crippen LogP contribution in [-0.4, -0.2) is 35.6 Å². The van der Waals surface area contributed by atoms with Gasteiger partial charge in [-0.05, 0) is 33.2 Å². The number of anilines is 1. The number of likely N-dealkylation sites (N-methyl/N-ethyl adjacent to an activating group) is 1. The van der Waals surface area contributed by atoms with Crippen LogP contribution in [0.4, 0.5) is 11.5 Å². The number of aromatic nitrogens is 1. The summed E-state index contributed by atoms with van der Waals surface area (Å²) in [6.45, 7) is 6.46. The van der Waals surface area contributed by atoms with Crippen LogP contribution in [0.15, 0.2) is 12.3 Å². The Bertz CT molecular complexity index is 458. The fourth-order valence-electron chi connectivity index (χ4n) is 2.44. The van der Waals surface area contributed by atoms with Gasteiger partial charge in [0, 0.05) is 30.9 Å². The number of nitrogens with one attached hydrogen (secondary N) is 1. The highest BCUT2D eigenvalue weighted by molar-refractivity contribution is 5.50. The van der Waals surface area contributed by atoms with Crippen LogP contribution in [0.3, 0.4) is 0 Å². The molecule has 1 N–H and O–H groups in total. The molecule has 1 aromatic rings. The van der Waals surface area contributed by atoms with Gasteiger partial charge in [0.2, 0.25) is 0 Å². The summed E-state index contributed by atoms with van der Waals surface area (Å²) in [6.07, 6.45) is 3.94. The molecule has 0 saturated carbocycles. The van der Waals surface area contributed by atoms with E-state index in [4.69, 9.17) is 0 Å². The summed E-state index contributed by atoms with van der Waals surface area (Å²) in [4.78, 5) is 17.1. The smallest absolute Gasteiger partial charge is 0.277 e. The van der Waals surface area contributed by atoms with Gasteiger partial charge in [-0.3, -0.25) is 10.1 Å². The van der Waals surface area contributed by atoms with Crippen molar-refractivity contribution >= 4 is 11.5 Å². The van der Waals surface area contributed by atoms with Crippen LogP contribution < -0.4 is 10.2 Å². The molecular formula is C13H20N4O2. The lowest BCUT2D eigenvalue weighted by Crippen LogP contribution is -2.38. The van der Waals surface area contributed by atoms with Gasteiger partial charge in [0.1, 0.15) is 5.82 Å². The molecule has 6 heteroatoms. The highest BCUT2D eigenvalue weighted by Crippen LogP contribution is 2.23. The predicted octanol–water partition coefficient (Wildman–Crippen LogP) is 1.88. The van der Waals surface area contributed by atoms with Gasteiger partial charge in [-0.2, -0.15) is 0 Å². The van der Waals surface area contributed by atoms with E-state index in [-0.39, 0.29) is 10.6 Å². The molecule has 0 radical (unpaired) electrons. The SMILES string of the molecule is CCN(CC1CCCN1)c1cc([N+](=O)[O-])c(C)cn1. The standard InChI is InChI=1S/C13H20N4O2/c1-3-16(9-11-5-4-6-14-11)13-7-12(17(18)19)10(2)8-15-13/h7-8,11,14H,3-6,9H2,1-2H3. The second-order valence-corrected chi connectivity index (χ2v) is 4.92. The first-order valence-electron chi connectivity index (χ1n) is 6.71. The normalized spacial score (nSPS) is 18.5. The monoisotopic (exact) mass is 264 g/mol. The second kappa shape index (κ2) is 5.97. The van der Waals surface area contributed by atoms with Crippen LogP contribution >= 0.6 is 0 Å². The summed E-state index contributed by atoms with van der Waals surface area (Å²) < 4.78 is 0. The van der Waals surface area contributed by atoms with E-state index < -0.39 is 0 Å². The summed E-state index contributed by atoms with van der Waals surface area (Å²) in [5.74, 6) is 0.688. The molecule has 0 spiro atoms. The summed E-state index contributed by atoms with van der Waals surface area (Å²) in [6, 6.07) is 2.04. The van der Waals surface area contributed by atoms with Crippen molar-refractivity contribution in [3.63, 3.8) is 0 Å². The van der Waals surface area contributed by atoms with Gasteiger partial charge in [0.25, 0.3) is 5.69 Å². The maximum Gasteiger partial charge on any atom is 0.277 e. The van der Waals surface area contributed by atoms with Crippen molar-refractivity contribution in [3.05, 3.63) is 27.9 Å². The van der Waals surface area contributed by atoms with E-state index in [1.807, 2.05) is 6.92 Å². The number of hydrogen-bond donors (Lipinski definition) is 1. The van der Waals surface area contributed by atoms with Gasteiger partial charge in [0.15, 0.2) is 0 Å². The molecule has 0 aliphatic carbocycles. The van der Waals surface area contributed by atoms with E-state index in [1.54, 1.807) is 19.2 Å². The predicted molar refractivity (Wildman–Crippen MR) is 74.5 cm³/mol. The van der Waals surface area contributed by atoms with Crippen molar-refractivity contribution in [2.75, 3.05) is 24.5 Å². The average Bonchev–Trinajstić information content (AvgIpc) is 2.89.